The molecule has 1 heterocycles. The number of likely N-dealkylation sites (tertiary alicyclic amines) is 1. The average Bonchev–Trinajstić information content (AvgIpc) is 2.89. The van der Waals surface area contributed by atoms with Crippen molar-refractivity contribution in [2.75, 3.05) is 20.2 Å². The van der Waals surface area contributed by atoms with Crippen LogP contribution in [-0.4, -0.2) is 42.3 Å². The number of ether oxygens (including phenoxy) is 1. The number of nitrogens with zero attached hydrogens (tertiary/aromatic N) is 1. The molecule has 1 aliphatic rings. The van der Waals surface area contributed by atoms with Gasteiger partial charge in [0.15, 0.2) is 0 Å². The van der Waals surface area contributed by atoms with Crippen molar-refractivity contribution in [3.63, 3.8) is 0 Å². The van der Waals surface area contributed by atoms with E-state index < -0.39 is 5.97 Å². The lowest BCUT2D eigenvalue weighted by Gasteiger charge is -2.18. The summed E-state index contributed by atoms with van der Waals surface area (Å²) < 4.78 is 18.5. The Bertz CT molecular complexity index is 490. The second-order valence-electron chi connectivity index (χ2n) is 5.32. The first-order valence-corrected chi connectivity index (χ1v) is 6.78. The normalized spacial score (nSPS) is 20.9. The van der Waals surface area contributed by atoms with Crippen LogP contribution < -0.4 is 0 Å². The average molecular weight is 281 g/mol. The Morgan fingerprint density at radius 2 is 2.35 bits per heavy atom. The van der Waals surface area contributed by atoms with Gasteiger partial charge in [0.2, 0.25) is 0 Å². The lowest BCUT2D eigenvalue weighted by molar-refractivity contribution is 0.0600. The minimum absolute atomic E-state index is 0.238. The third kappa shape index (κ3) is 3.35. The predicted molar refractivity (Wildman–Crippen MR) is 72.8 cm³/mol. The molecule has 1 N–H and O–H groups in total. The number of benzene rings is 1. The Morgan fingerprint density at radius 1 is 1.60 bits per heavy atom. The summed E-state index contributed by atoms with van der Waals surface area (Å²) in [7, 11) is 1.30. The molecule has 0 spiro atoms. The highest BCUT2D eigenvalue weighted by Crippen LogP contribution is 2.23. The van der Waals surface area contributed by atoms with Crippen molar-refractivity contribution >= 4 is 5.97 Å². The number of esters is 1. The van der Waals surface area contributed by atoms with Gasteiger partial charge in [0.25, 0.3) is 0 Å². The van der Waals surface area contributed by atoms with Crippen LogP contribution in [0.4, 0.5) is 4.39 Å². The fourth-order valence-electron chi connectivity index (χ4n) is 2.58. The van der Waals surface area contributed by atoms with Gasteiger partial charge >= 0.3 is 5.97 Å². The third-order valence-electron chi connectivity index (χ3n) is 3.85. The predicted octanol–water partition coefficient (Wildman–Crippen LogP) is 1.81. The monoisotopic (exact) mass is 281 g/mol. The second-order valence-corrected chi connectivity index (χ2v) is 5.32. The minimum atomic E-state index is -0.463. The Hall–Kier alpha value is -1.46. The molecule has 1 fully saturated rings. The molecule has 0 saturated carbocycles. The molecule has 0 radical (unpaired) electrons. The lowest BCUT2D eigenvalue weighted by atomic mass is 10.0. The van der Waals surface area contributed by atoms with Gasteiger partial charge in [-0.2, -0.15) is 0 Å². The summed E-state index contributed by atoms with van der Waals surface area (Å²) in [5.41, 5.74) is 0.842. The maximum Gasteiger partial charge on any atom is 0.337 e. The Kier molecular flexibility index (Phi) is 4.73. The number of carbonyl (C=O) groups excluding carboxylic acids is 1. The van der Waals surface area contributed by atoms with Crippen LogP contribution in [0.3, 0.4) is 0 Å². The van der Waals surface area contributed by atoms with E-state index in [1.807, 2.05) is 0 Å². The van der Waals surface area contributed by atoms with E-state index in [-0.39, 0.29) is 17.8 Å². The van der Waals surface area contributed by atoms with Gasteiger partial charge in [-0.05, 0) is 44.0 Å². The van der Waals surface area contributed by atoms with E-state index in [9.17, 15) is 14.3 Å². The Labute approximate surface area is 118 Å². The van der Waals surface area contributed by atoms with E-state index in [1.54, 1.807) is 6.92 Å². The van der Waals surface area contributed by atoms with Gasteiger partial charge in [-0.1, -0.05) is 0 Å². The molecule has 0 aromatic heterocycles. The zero-order valence-electron chi connectivity index (χ0n) is 11.8. The highest BCUT2D eigenvalue weighted by atomic mass is 19.1. The molecule has 0 bridgehead atoms. The van der Waals surface area contributed by atoms with Crippen LogP contribution in [0.2, 0.25) is 0 Å². The maximum atomic E-state index is 13.8. The lowest BCUT2D eigenvalue weighted by Crippen LogP contribution is -2.24. The van der Waals surface area contributed by atoms with E-state index in [1.165, 1.54) is 25.3 Å². The van der Waals surface area contributed by atoms with E-state index in [4.69, 9.17) is 0 Å². The van der Waals surface area contributed by atoms with Crippen molar-refractivity contribution in [1.29, 1.82) is 0 Å². The van der Waals surface area contributed by atoms with Crippen molar-refractivity contribution in [2.24, 2.45) is 5.92 Å². The molecule has 0 aliphatic carbocycles. The number of hydrogen-bond acceptors (Lipinski definition) is 4. The van der Waals surface area contributed by atoms with Gasteiger partial charge < -0.3 is 9.84 Å². The van der Waals surface area contributed by atoms with Crippen molar-refractivity contribution in [2.45, 2.75) is 26.0 Å². The number of halogens is 1. The van der Waals surface area contributed by atoms with Gasteiger partial charge in [-0.3, -0.25) is 4.90 Å². The third-order valence-corrected chi connectivity index (χ3v) is 3.85. The summed E-state index contributed by atoms with van der Waals surface area (Å²) in [6, 6.07) is 4.26. The fraction of sp³-hybridized carbons (Fsp3) is 0.533. The summed E-state index contributed by atoms with van der Waals surface area (Å²) in [5.74, 6) is -0.547. The number of hydrogen-bond donors (Lipinski definition) is 1. The highest BCUT2D eigenvalue weighted by molar-refractivity contribution is 5.89. The minimum Gasteiger partial charge on any atom is -0.465 e. The quantitative estimate of drug-likeness (QED) is 0.855. The molecule has 20 heavy (non-hydrogen) atoms. The van der Waals surface area contributed by atoms with Crippen LogP contribution in [0.5, 0.6) is 0 Å². The van der Waals surface area contributed by atoms with Crippen LogP contribution >= 0.6 is 0 Å². The van der Waals surface area contributed by atoms with Gasteiger partial charge in [0, 0.05) is 18.7 Å². The topological polar surface area (TPSA) is 49.8 Å². The van der Waals surface area contributed by atoms with Crippen molar-refractivity contribution < 1.29 is 19.0 Å². The molecule has 1 saturated heterocycles. The number of aliphatic hydroxyl groups excluding tert-OH is 1. The Balaban J connectivity index is 2.08. The first-order chi connectivity index (χ1) is 9.51. The summed E-state index contributed by atoms with van der Waals surface area (Å²) in [6.07, 6.45) is 0.571. The van der Waals surface area contributed by atoms with E-state index in [0.29, 0.717) is 17.7 Å². The first-order valence-electron chi connectivity index (χ1n) is 6.78. The Morgan fingerprint density at radius 3 is 2.95 bits per heavy atom. The van der Waals surface area contributed by atoms with Crippen molar-refractivity contribution in [3.8, 4) is 0 Å². The zero-order chi connectivity index (χ0) is 14.7. The molecule has 2 rings (SSSR count). The van der Waals surface area contributed by atoms with Gasteiger partial charge in [-0.15, -0.1) is 0 Å². The summed E-state index contributed by atoms with van der Waals surface area (Å²) in [4.78, 5) is 13.6. The van der Waals surface area contributed by atoms with Crippen molar-refractivity contribution in [3.05, 3.63) is 35.1 Å². The smallest absolute Gasteiger partial charge is 0.337 e. The summed E-state index contributed by atoms with van der Waals surface area (Å²) in [6.45, 7) is 3.81. The van der Waals surface area contributed by atoms with Crippen molar-refractivity contribution in [1.82, 2.24) is 4.90 Å². The number of rotatable bonds is 4. The van der Waals surface area contributed by atoms with Gasteiger partial charge in [0.1, 0.15) is 5.82 Å². The van der Waals surface area contributed by atoms with E-state index in [2.05, 4.69) is 9.64 Å². The van der Waals surface area contributed by atoms with Gasteiger partial charge in [-0.25, -0.2) is 9.18 Å². The first kappa shape index (κ1) is 14.9. The molecule has 1 aromatic rings. The molecule has 0 amide bonds. The summed E-state index contributed by atoms with van der Waals surface area (Å²) in [5, 5.41) is 9.58. The maximum absolute atomic E-state index is 13.8. The van der Waals surface area contributed by atoms with Crippen LogP contribution in [0.1, 0.15) is 29.3 Å². The molecular formula is C15H20FNO3. The molecular weight excluding hydrogens is 261 g/mol. The number of methoxy groups -OCH3 is 1. The fourth-order valence-corrected chi connectivity index (χ4v) is 2.58. The molecule has 5 heteroatoms. The molecule has 1 aromatic carbocycles. The zero-order valence-corrected chi connectivity index (χ0v) is 11.8. The van der Waals surface area contributed by atoms with E-state index in [0.717, 1.165) is 19.5 Å². The van der Waals surface area contributed by atoms with E-state index >= 15 is 0 Å². The highest BCUT2D eigenvalue weighted by Gasteiger charge is 2.26. The second kappa shape index (κ2) is 6.33. The summed E-state index contributed by atoms with van der Waals surface area (Å²) >= 11 is 0. The molecule has 110 valence electrons. The molecule has 1 aliphatic heterocycles. The molecule has 4 nitrogen and oxygen atoms in total. The molecule has 2 unspecified atom stereocenters. The largest absolute Gasteiger partial charge is 0.465 e. The van der Waals surface area contributed by atoms with Crippen LogP contribution in [-0.2, 0) is 11.3 Å². The number of carbonyl (C=O) groups is 1. The van der Waals surface area contributed by atoms with Gasteiger partial charge in [0.05, 0.1) is 18.8 Å². The van der Waals surface area contributed by atoms with Crippen LogP contribution in [0.15, 0.2) is 18.2 Å². The van der Waals surface area contributed by atoms with Crippen LogP contribution in [0.25, 0.3) is 0 Å². The number of aliphatic hydroxyl groups is 1. The van der Waals surface area contributed by atoms with Crippen LogP contribution in [0, 0.1) is 11.7 Å². The molecule has 2 atom stereocenters. The standard InChI is InChI=1S/C15H20FNO3/c1-10(18)12-5-6-17(8-12)9-13-7-11(15(19)20-2)3-4-14(13)16/h3-4,7,10,12,18H,5-6,8-9H2,1-2H3. The SMILES string of the molecule is COC(=O)c1ccc(F)c(CN2CCC(C(C)O)C2)c1.